The Balaban J connectivity index is 3.29. The molecule has 11 heavy (non-hydrogen) atoms. The van der Waals surface area contributed by atoms with Crippen LogP contribution in [0.3, 0.4) is 0 Å². The first kappa shape index (κ1) is 10.9. The standard InChI is InChI=1S/C9H21NO/c1-7(2)10-6-9(5)11-8(3)4/h7-10H,6H2,1-5H3. The third kappa shape index (κ3) is 7.82. The minimum atomic E-state index is 0.317. The van der Waals surface area contributed by atoms with E-state index in [1.165, 1.54) is 0 Å². The van der Waals surface area contributed by atoms with E-state index in [0.29, 0.717) is 18.2 Å². The lowest BCUT2D eigenvalue weighted by Crippen LogP contribution is -2.33. The molecule has 0 aliphatic rings. The Morgan fingerprint density at radius 2 is 1.64 bits per heavy atom. The van der Waals surface area contributed by atoms with Crippen molar-refractivity contribution in [3.63, 3.8) is 0 Å². The molecule has 1 N–H and O–H groups in total. The molecule has 1 unspecified atom stereocenters. The zero-order valence-electron chi connectivity index (χ0n) is 8.35. The smallest absolute Gasteiger partial charge is 0.0674 e. The van der Waals surface area contributed by atoms with Crippen LogP contribution in [0.1, 0.15) is 34.6 Å². The second-order valence-electron chi connectivity index (χ2n) is 3.56. The van der Waals surface area contributed by atoms with Crippen molar-refractivity contribution in [2.24, 2.45) is 0 Å². The van der Waals surface area contributed by atoms with Crippen molar-refractivity contribution in [1.29, 1.82) is 0 Å². The van der Waals surface area contributed by atoms with Gasteiger partial charge in [0.1, 0.15) is 0 Å². The van der Waals surface area contributed by atoms with E-state index in [9.17, 15) is 0 Å². The van der Waals surface area contributed by atoms with Gasteiger partial charge in [0.25, 0.3) is 0 Å². The van der Waals surface area contributed by atoms with Crippen molar-refractivity contribution in [1.82, 2.24) is 5.32 Å². The molecule has 0 saturated heterocycles. The summed E-state index contributed by atoms with van der Waals surface area (Å²) < 4.78 is 5.54. The molecule has 0 aliphatic carbocycles. The zero-order chi connectivity index (χ0) is 8.85. The van der Waals surface area contributed by atoms with Gasteiger partial charge in [-0.15, -0.1) is 0 Å². The Hall–Kier alpha value is -0.0800. The molecule has 0 fully saturated rings. The molecule has 0 aromatic carbocycles. The molecule has 0 aromatic rings. The molecule has 0 aromatic heterocycles. The maximum absolute atomic E-state index is 5.54. The summed E-state index contributed by atoms with van der Waals surface area (Å²) in [7, 11) is 0. The molecule has 0 amide bonds. The number of nitrogens with one attached hydrogen (secondary N) is 1. The Morgan fingerprint density at radius 1 is 1.09 bits per heavy atom. The van der Waals surface area contributed by atoms with Gasteiger partial charge in [0.15, 0.2) is 0 Å². The summed E-state index contributed by atoms with van der Waals surface area (Å²) in [5, 5.41) is 3.33. The lowest BCUT2D eigenvalue weighted by molar-refractivity contribution is 0.0186. The van der Waals surface area contributed by atoms with E-state index in [0.717, 1.165) is 6.54 Å². The quantitative estimate of drug-likeness (QED) is 0.660. The van der Waals surface area contributed by atoms with Crippen LogP contribution in [-0.2, 0) is 4.74 Å². The lowest BCUT2D eigenvalue weighted by atomic mass is 10.3. The predicted octanol–water partition coefficient (Wildman–Crippen LogP) is 1.80. The van der Waals surface area contributed by atoms with E-state index >= 15 is 0 Å². The fourth-order valence-electron chi connectivity index (χ4n) is 0.914. The van der Waals surface area contributed by atoms with Gasteiger partial charge in [0, 0.05) is 12.6 Å². The van der Waals surface area contributed by atoms with Crippen molar-refractivity contribution in [2.75, 3.05) is 6.54 Å². The molecule has 0 aliphatic heterocycles. The normalized spacial score (nSPS) is 14.5. The van der Waals surface area contributed by atoms with Crippen LogP contribution < -0.4 is 5.32 Å². The molecule has 0 saturated carbocycles. The van der Waals surface area contributed by atoms with Crippen LogP contribution in [0.5, 0.6) is 0 Å². The third-order valence-corrected chi connectivity index (χ3v) is 1.32. The van der Waals surface area contributed by atoms with Gasteiger partial charge in [0.2, 0.25) is 0 Å². The van der Waals surface area contributed by atoms with Gasteiger partial charge in [-0.3, -0.25) is 0 Å². The number of hydrogen-bond acceptors (Lipinski definition) is 2. The first-order chi connectivity index (χ1) is 5.02. The number of hydrogen-bond donors (Lipinski definition) is 1. The molecule has 68 valence electrons. The molecule has 0 spiro atoms. The van der Waals surface area contributed by atoms with Gasteiger partial charge in [-0.05, 0) is 20.8 Å². The molecule has 2 nitrogen and oxygen atoms in total. The Kier molecular flexibility index (Phi) is 5.51. The van der Waals surface area contributed by atoms with Gasteiger partial charge in [-0.1, -0.05) is 13.8 Å². The van der Waals surface area contributed by atoms with E-state index in [1.54, 1.807) is 0 Å². The van der Waals surface area contributed by atoms with Crippen molar-refractivity contribution in [2.45, 2.75) is 52.9 Å². The molecular weight excluding hydrogens is 138 g/mol. The van der Waals surface area contributed by atoms with Gasteiger partial charge >= 0.3 is 0 Å². The summed E-state index contributed by atoms with van der Waals surface area (Å²) >= 11 is 0. The Bertz CT molecular complexity index is 91.6. The third-order valence-electron chi connectivity index (χ3n) is 1.32. The molecule has 0 radical (unpaired) electrons. The SMILES string of the molecule is CC(C)NCC(C)OC(C)C. The van der Waals surface area contributed by atoms with Crippen molar-refractivity contribution in [3.8, 4) is 0 Å². The summed E-state index contributed by atoms with van der Waals surface area (Å²) in [6.07, 6.45) is 0.649. The second kappa shape index (κ2) is 5.56. The summed E-state index contributed by atoms with van der Waals surface area (Å²) in [4.78, 5) is 0. The summed E-state index contributed by atoms with van der Waals surface area (Å²) in [5.74, 6) is 0. The van der Waals surface area contributed by atoms with E-state index < -0.39 is 0 Å². The maximum atomic E-state index is 5.54. The fraction of sp³-hybridized carbons (Fsp3) is 1.00. The van der Waals surface area contributed by atoms with Crippen LogP contribution in [-0.4, -0.2) is 24.8 Å². The molecule has 0 bridgehead atoms. The fourth-order valence-corrected chi connectivity index (χ4v) is 0.914. The Labute approximate surface area is 70.3 Å². The molecule has 2 heteroatoms. The van der Waals surface area contributed by atoms with E-state index in [1.807, 2.05) is 0 Å². The Morgan fingerprint density at radius 3 is 2.00 bits per heavy atom. The van der Waals surface area contributed by atoms with Crippen LogP contribution in [0.25, 0.3) is 0 Å². The monoisotopic (exact) mass is 159 g/mol. The van der Waals surface area contributed by atoms with Gasteiger partial charge in [-0.25, -0.2) is 0 Å². The first-order valence-corrected chi connectivity index (χ1v) is 4.41. The number of rotatable bonds is 5. The molecular formula is C9H21NO. The van der Waals surface area contributed by atoms with Crippen LogP contribution in [0.15, 0.2) is 0 Å². The van der Waals surface area contributed by atoms with Crippen molar-refractivity contribution >= 4 is 0 Å². The van der Waals surface area contributed by atoms with Crippen LogP contribution in [0.4, 0.5) is 0 Å². The van der Waals surface area contributed by atoms with Gasteiger partial charge in [-0.2, -0.15) is 0 Å². The topological polar surface area (TPSA) is 21.3 Å². The van der Waals surface area contributed by atoms with E-state index in [-0.39, 0.29) is 0 Å². The highest BCUT2D eigenvalue weighted by Crippen LogP contribution is 1.95. The minimum absolute atomic E-state index is 0.317. The van der Waals surface area contributed by atoms with Crippen molar-refractivity contribution < 1.29 is 4.74 Å². The molecule has 0 heterocycles. The van der Waals surface area contributed by atoms with E-state index in [4.69, 9.17) is 4.74 Å². The average Bonchev–Trinajstić information content (AvgIpc) is 1.82. The van der Waals surface area contributed by atoms with Gasteiger partial charge < -0.3 is 10.1 Å². The first-order valence-electron chi connectivity index (χ1n) is 4.41. The summed E-state index contributed by atoms with van der Waals surface area (Å²) in [5.41, 5.74) is 0. The molecule has 1 atom stereocenters. The molecule has 0 rings (SSSR count). The van der Waals surface area contributed by atoms with Crippen LogP contribution >= 0.6 is 0 Å². The lowest BCUT2D eigenvalue weighted by Gasteiger charge is -2.17. The summed E-state index contributed by atoms with van der Waals surface area (Å²) in [6.45, 7) is 11.4. The number of ether oxygens (including phenoxy) is 1. The average molecular weight is 159 g/mol. The second-order valence-corrected chi connectivity index (χ2v) is 3.56. The van der Waals surface area contributed by atoms with E-state index in [2.05, 4.69) is 39.9 Å². The highest BCUT2D eigenvalue weighted by atomic mass is 16.5. The van der Waals surface area contributed by atoms with Gasteiger partial charge in [0.05, 0.1) is 12.2 Å². The summed E-state index contributed by atoms with van der Waals surface area (Å²) in [6, 6.07) is 0.549. The van der Waals surface area contributed by atoms with Crippen LogP contribution in [0, 0.1) is 0 Å². The zero-order valence-corrected chi connectivity index (χ0v) is 8.35. The van der Waals surface area contributed by atoms with Crippen molar-refractivity contribution in [3.05, 3.63) is 0 Å². The highest BCUT2D eigenvalue weighted by molar-refractivity contribution is 4.59. The van der Waals surface area contributed by atoms with Crippen LogP contribution in [0.2, 0.25) is 0 Å². The minimum Gasteiger partial charge on any atom is -0.375 e. The highest BCUT2D eigenvalue weighted by Gasteiger charge is 2.04. The maximum Gasteiger partial charge on any atom is 0.0674 e. The predicted molar refractivity (Wildman–Crippen MR) is 48.8 cm³/mol. The largest absolute Gasteiger partial charge is 0.375 e.